The van der Waals surface area contributed by atoms with Gasteiger partial charge in [0.15, 0.2) is 0 Å². The van der Waals surface area contributed by atoms with Crippen LogP contribution in [0.5, 0.6) is 0 Å². The van der Waals surface area contributed by atoms with E-state index in [0.29, 0.717) is 17.7 Å². The normalized spacial score (nSPS) is 11.2. The van der Waals surface area contributed by atoms with Crippen molar-refractivity contribution in [1.29, 1.82) is 0 Å². The van der Waals surface area contributed by atoms with E-state index in [1.165, 1.54) is 16.7 Å². The number of halogens is 2. The lowest BCUT2D eigenvalue weighted by atomic mass is 9.98. The molecule has 1 N–H and O–H groups in total. The van der Waals surface area contributed by atoms with Gasteiger partial charge in [0.05, 0.1) is 11.6 Å². The van der Waals surface area contributed by atoms with Gasteiger partial charge in [0, 0.05) is 23.2 Å². The Bertz CT molecular complexity index is 1160. The summed E-state index contributed by atoms with van der Waals surface area (Å²) in [5.41, 5.74) is 0.228. The smallest absolute Gasteiger partial charge is 0.366 e. The molecule has 0 saturated carbocycles. The third-order valence-electron chi connectivity index (χ3n) is 4.77. The van der Waals surface area contributed by atoms with Crippen molar-refractivity contribution < 1.29 is 14.3 Å². The van der Waals surface area contributed by atoms with Gasteiger partial charge < -0.3 is 9.94 Å². The predicted octanol–water partition coefficient (Wildman–Crippen LogP) is 3.93. The van der Waals surface area contributed by atoms with Crippen LogP contribution in [-0.2, 0) is 24.5 Å². The average Bonchev–Trinajstić information content (AvgIpc) is 2.72. The van der Waals surface area contributed by atoms with E-state index in [1.54, 1.807) is 6.07 Å². The molecule has 0 spiro atoms. The highest BCUT2D eigenvalue weighted by molar-refractivity contribution is 6.30. The fourth-order valence-electron chi connectivity index (χ4n) is 3.30. The van der Waals surface area contributed by atoms with Gasteiger partial charge in [-0.15, -0.1) is 0 Å². The zero-order valence-electron chi connectivity index (χ0n) is 16.6. The van der Waals surface area contributed by atoms with Gasteiger partial charge in [-0.25, -0.2) is 9.18 Å². The van der Waals surface area contributed by atoms with Crippen LogP contribution in [0.25, 0.3) is 0 Å². The SMILES string of the molecule is CC(C)c1c(Cc2ccccc2)n(COCc2cccc(Cl)c2F)c(=O)n(O)c1=O. The minimum atomic E-state index is -0.915. The van der Waals surface area contributed by atoms with Crippen LogP contribution in [-0.4, -0.2) is 14.5 Å². The Balaban J connectivity index is 2.00. The predicted molar refractivity (Wildman–Crippen MR) is 112 cm³/mol. The Hall–Kier alpha value is -2.90. The van der Waals surface area contributed by atoms with Crippen molar-refractivity contribution in [2.75, 3.05) is 0 Å². The van der Waals surface area contributed by atoms with Crippen LogP contribution >= 0.6 is 11.6 Å². The monoisotopic (exact) mass is 432 g/mol. The Morgan fingerprint density at radius 2 is 1.80 bits per heavy atom. The van der Waals surface area contributed by atoms with Crippen molar-refractivity contribution in [3.8, 4) is 0 Å². The first-order valence-electron chi connectivity index (χ1n) is 9.43. The van der Waals surface area contributed by atoms with Gasteiger partial charge in [0.25, 0.3) is 5.56 Å². The number of ether oxygens (including phenoxy) is 1. The van der Waals surface area contributed by atoms with Crippen LogP contribution in [0.4, 0.5) is 4.39 Å². The Kier molecular flexibility index (Phi) is 6.74. The number of nitrogens with zero attached hydrogens (tertiary/aromatic N) is 2. The molecule has 0 radical (unpaired) electrons. The minimum absolute atomic E-state index is 0.0240. The maximum Gasteiger partial charge on any atom is 0.366 e. The van der Waals surface area contributed by atoms with Gasteiger partial charge in [-0.05, 0) is 17.5 Å². The van der Waals surface area contributed by atoms with Crippen molar-refractivity contribution in [2.45, 2.75) is 39.5 Å². The standard InChI is InChI=1S/C22H22ClFN2O4/c1-14(2)19-18(11-15-7-4-3-5-8-15)25(22(28)26(29)21(19)27)13-30-12-16-9-6-10-17(23)20(16)24/h3-10,14,29H,11-13H2,1-2H3. The van der Waals surface area contributed by atoms with Gasteiger partial charge in [0.1, 0.15) is 12.5 Å². The van der Waals surface area contributed by atoms with Crippen LogP contribution in [0.3, 0.4) is 0 Å². The zero-order valence-corrected chi connectivity index (χ0v) is 17.4. The molecule has 0 aliphatic heterocycles. The highest BCUT2D eigenvalue weighted by atomic mass is 35.5. The molecule has 3 rings (SSSR count). The van der Waals surface area contributed by atoms with Gasteiger partial charge in [0.2, 0.25) is 0 Å². The number of benzene rings is 2. The second-order valence-corrected chi connectivity index (χ2v) is 7.60. The van der Waals surface area contributed by atoms with Gasteiger partial charge >= 0.3 is 5.69 Å². The molecule has 1 heterocycles. The number of hydrogen-bond donors (Lipinski definition) is 1. The number of hydrogen-bond acceptors (Lipinski definition) is 4. The minimum Gasteiger partial charge on any atom is -0.421 e. The molecule has 0 saturated heterocycles. The van der Waals surface area contributed by atoms with E-state index >= 15 is 0 Å². The molecule has 30 heavy (non-hydrogen) atoms. The first kappa shape index (κ1) is 21.8. The number of aromatic nitrogens is 2. The van der Waals surface area contributed by atoms with E-state index < -0.39 is 17.1 Å². The van der Waals surface area contributed by atoms with E-state index in [0.717, 1.165) is 5.56 Å². The highest BCUT2D eigenvalue weighted by Crippen LogP contribution is 2.20. The molecular weight excluding hydrogens is 411 g/mol. The molecule has 8 heteroatoms. The molecule has 0 amide bonds. The van der Waals surface area contributed by atoms with Crippen LogP contribution in [0.2, 0.25) is 5.02 Å². The summed E-state index contributed by atoms with van der Waals surface area (Å²) in [7, 11) is 0. The lowest BCUT2D eigenvalue weighted by Crippen LogP contribution is -2.43. The molecule has 158 valence electrons. The summed E-state index contributed by atoms with van der Waals surface area (Å²) in [6, 6.07) is 13.9. The van der Waals surface area contributed by atoms with E-state index in [4.69, 9.17) is 16.3 Å². The fourth-order valence-corrected chi connectivity index (χ4v) is 3.49. The molecule has 0 aliphatic carbocycles. The molecule has 0 aliphatic rings. The molecule has 6 nitrogen and oxygen atoms in total. The van der Waals surface area contributed by atoms with Crippen LogP contribution in [0.15, 0.2) is 58.1 Å². The summed E-state index contributed by atoms with van der Waals surface area (Å²) < 4.78 is 21.0. The molecular formula is C22H22ClFN2O4. The van der Waals surface area contributed by atoms with E-state index in [-0.39, 0.29) is 34.6 Å². The molecule has 0 unspecified atom stereocenters. The molecule has 3 aromatic rings. The Morgan fingerprint density at radius 1 is 1.10 bits per heavy atom. The zero-order chi connectivity index (χ0) is 21.8. The summed E-state index contributed by atoms with van der Waals surface area (Å²) in [6.45, 7) is 3.21. The van der Waals surface area contributed by atoms with Gasteiger partial charge in [-0.2, -0.15) is 0 Å². The van der Waals surface area contributed by atoms with E-state index in [1.807, 2.05) is 44.2 Å². The Morgan fingerprint density at radius 3 is 2.47 bits per heavy atom. The van der Waals surface area contributed by atoms with Gasteiger partial charge in [-0.1, -0.05) is 72.6 Å². The maximum atomic E-state index is 14.1. The Labute approximate surface area is 177 Å². The van der Waals surface area contributed by atoms with Crippen molar-refractivity contribution >= 4 is 11.6 Å². The molecule has 1 aromatic heterocycles. The third-order valence-corrected chi connectivity index (χ3v) is 5.06. The van der Waals surface area contributed by atoms with Crippen molar-refractivity contribution in [2.24, 2.45) is 0 Å². The third kappa shape index (κ3) is 4.47. The second-order valence-electron chi connectivity index (χ2n) is 7.20. The first-order valence-corrected chi connectivity index (χ1v) is 9.81. The fraction of sp³-hybridized carbons (Fsp3) is 0.273. The molecule has 2 aromatic carbocycles. The molecule has 0 atom stereocenters. The van der Waals surface area contributed by atoms with Crippen molar-refractivity contribution in [3.05, 3.63) is 103 Å². The average molecular weight is 433 g/mol. The summed E-state index contributed by atoms with van der Waals surface area (Å²) >= 11 is 5.79. The summed E-state index contributed by atoms with van der Waals surface area (Å²) in [4.78, 5) is 25.2. The summed E-state index contributed by atoms with van der Waals surface area (Å²) in [5, 5.41) is 10.0. The highest BCUT2D eigenvalue weighted by Gasteiger charge is 2.21. The van der Waals surface area contributed by atoms with E-state index in [9.17, 15) is 19.2 Å². The largest absolute Gasteiger partial charge is 0.421 e. The molecule has 0 fully saturated rings. The first-order chi connectivity index (χ1) is 14.3. The van der Waals surface area contributed by atoms with Crippen LogP contribution in [0.1, 0.15) is 42.1 Å². The summed E-state index contributed by atoms with van der Waals surface area (Å²) in [5.74, 6) is -0.835. The van der Waals surface area contributed by atoms with Crippen LogP contribution in [0, 0.1) is 5.82 Å². The topological polar surface area (TPSA) is 73.5 Å². The van der Waals surface area contributed by atoms with Crippen molar-refractivity contribution in [1.82, 2.24) is 9.30 Å². The second kappa shape index (κ2) is 9.28. The molecule has 0 bridgehead atoms. The number of rotatable bonds is 7. The quantitative estimate of drug-likeness (QED) is 0.574. The lowest BCUT2D eigenvalue weighted by molar-refractivity contribution is 0.0484. The summed E-state index contributed by atoms with van der Waals surface area (Å²) in [6.07, 6.45) is 0.300. The maximum absolute atomic E-state index is 14.1. The van der Waals surface area contributed by atoms with Crippen LogP contribution < -0.4 is 11.2 Å². The van der Waals surface area contributed by atoms with Gasteiger partial charge in [-0.3, -0.25) is 9.36 Å². The van der Waals surface area contributed by atoms with Crippen molar-refractivity contribution in [3.63, 3.8) is 0 Å². The lowest BCUT2D eigenvalue weighted by Gasteiger charge is -2.19. The van der Waals surface area contributed by atoms with E-state index in [2.05, 4.69) is 0 Å².